The molecule has 0 fully saturated rings. The van der Waals surface area contributed by atoms with Crippen molar-refractivity contribution in [3.05, 3.63) is 56.7 Å². The first-order valence-electron chi connectivity index (χ1n) is 8.25. The van der Waals surface area contributed by atoms with Gasteiger partial charge in [-0.3, -0.25) is 9.36 Å². The summed E-state index contributed by atoms with van der Waals surface area (Å²) in [5.41, 5.74) is 3.01. The molecule has 25 heavy (non-hydrogen) atoms. The molecule has 0 unspecified atom stereocenters. The van der Waals surface area contributed by atoms with Crippen LogP contribution in [-0.4, -0.2) is 21.4 Å². The third kappa shape index (κ3) is 3.03. The first-order chi connectivity index (χ1) is 12.0. The fourth-order valence-corrected chi connectivity index (χ4v) is 4.90. The molecule has 3 aromatic rings. The van der Waals surface area contributed by atoms with Crippen LogP contribution in [0.4, 0.5) is 0 Å². The SMILES string of the molecule is CSc1nc2c3c(sc2c(=O)n1Cc1ccccc1)COC(C)(C)C3. The van der Waals surface area contributed by atoms with E-state index in [1.54, 1.807) is 15.9 Å². The minimum absolute atomic E-state index is 0.0513. The maximum Gasteiger partial charge on any atom is 0.272 e. The number of thioether (sulfide) groups is 1. The fraction of sp³-hybridized carbons (Fsp3) is 0.368. The van der Waals surface area contributed by atoms with E-state index < -0.39 is 0 Å². The summed E-state index contributed by atoms with van der Waals surface area (Å²) in [6, 6.07) is 10.0. The lowest BCUT2D eigenvalue weighted by Gasteiger charge is -2.29. The zero-order chi connectivity index (χ0) is 17.6. The van der Waals surface area contributed by atoms with Gasteiger partial charge in [0.1, 0.15) is 4.70 Å². The second kappa shape index (κ2) is 6.27. The largest absolute Gasteiger partial charge is 0.370 e. The molecular formula is C19H20N2O2S2. The van der Waals surface area contributed by atoms with Crippen molar-refractivity contribution in [3.63, 3.8) is 0 Å². The van der Waals surface area contributed by atoms with Gasteiger partial charge < -0.3 is 4.74 Å². The van der Waals surface area contributed by atoms with Crippen LogP contribution in [0.5, 0.6) is 0 Å². The summed E-state index contributed by atoms with van der Waals surface area (Å²) in [4.78, 5) is 19.2. The second-order valence-corrected chi connectivity index (χ2v) is 8.76. The molecule has 2 aromatic heterocycles. The Morgan fingerprint density at radius 3 is 2.80 bits per heavy atom. The molecule has 0 amide bonds. The van der Waals surface area contributed by atoms with Crippen molar-refractivity contribution in [2.45, 2.75) is 44.2 Å². The minimum atomic E-state index is -0.207. The van der Waals surface area contributed by atoms with Crippen molar-refractivity contribution in [1.82, 2.24) is 9.55 Å². The number of benzene rings is 1. The van der Waals surface area contributed by atoms with Crippen molar-refractivity contribution in [1.29, 1.82) is 0 Å². The Morgan fingerprint density at radius 1 is 1.32 bits per heavy atom. The van der Waals surface area contributed by atoms with Gasteiger partial charge in [-0.25, -0.2) is 4.98 Å². The van der Waals surface area contributed by atoms with Crippen molar-refractivity contribution < 1.29 is 4.74 Å². The van der Waals surface area contributed by atoms with E-state index in [-0.39, 0.29) is 11.2 Å². The molecule has 0 bridgehead atoms. The van der Waals surface area contributed by atoms with Gasteiger partial charge in [0.15, 0.2) is 5.16 Å². The lowest BCUT2D eigenvalue weighted by molar-refractivity contribution is -0.0379. The standard InChI is InChI=1S/C19H20N2O2S2/c1-19(2)9-13-14(11-23-19)25-16-15(13)20-18(24-3)21(17(16)22)10-12-7-5-4-6-8-12/h4-8H,9-11H2,1-3H3. The lowest BCUT2D eigenvalue weighted by Crippen LogP contribution is -2.31. The van der Waals surface area contributed by atoms with Crippen LogP contribution in [0.3, 0.4) is 0 Å². The summed E-state index contributed by atoms with van der Waals surface area (Å²) in [6.07, 6.45) is 2.77. The zero-order valence-electron chi connectivity index (χ0n) is 14.5. The van der Waals surface area contributed by atoms with Gasteiger partial charge in [0.2, 0.25) is 0 Å². The molecule has 0 N–H and O–H groups in total. The Kier molecular flexibility index (Phi) is 4.22. The second-order valence-electron chi connectivity index (χ2n) is 6.88. The predicted octanol–water partition coefficient (Wildman–Crippen LogP) is 4.08. The van der Waals surface area contributed by atoms with E-state index in [0.717, 1.165) is 32.2 Å². The van der Waals surface area contributed by atoms with E-state index >= 15 is 0 Å². The number of fused-ring (bicyclic) bond motifs is 3. The Bertz CT molecular complexity index is 990. The van der Waals surface area contributed by atoms with Gasteiger partial charge in [-0.2, -0.15) is 0 Å². The molecule has 130 valence electrons. The number of ether oxygens (including phenoxy) is 1. The highest BCUT2D eigenvalue weighted by Gasteiger charge is 2.31. The maximum absolute atomic E-state index is 13.2. The Balaban J connectivity index is 1.89. The van der Waals surface area contributed by atoms with Crippen LogP contribution in [-0.2, 0) is 24.3 Å². The molecule has 0 radical (unpaired) electrons. The number of nitrogens with zero attached hydrogens (tertiary/aromatic N) is 2. The van der Waals surface area contributed by atoms with Crippen molar-refractivity contribution in [2.75, 3.05) is 6.26 Å². The van der Waals surface area contributed by atoms with Gasteiger partial charge in [0.25, 0.3) is 5.56 Å². The topological polar surface area (TPSA) is 44.1 Å². The molecule has 1 aliphatic rings. The molecule has 0 spiro atoms. The first-order valence-corrected chi connectivity index (χ1v) is 10.3. The van der Waals surface area contributed by atoms with Crippen LogP contribution in [0.1, 0.15) is 29.9 Å². The van der Waals surface area contributed by atoms with Crippen LogP contribution in [0.2, 0.25) is 0 Å². The van der Waals surface area contributed by atoms with Crippen molar-refractivity contribution in [2.24, 2.45) is 0 Å². The van der Waals surface area contributed by atoms with E-state index in [1.807, 2.05) is 36.6 Å². The average Bonchev–Trinajstić information content (AvgIpc) is 2.95. The van der Waals surface area contributed by atoms with Crippen LogP contribution >= 0.6 is 23.1 Å². The van der Waals surface area contributed by atoms with E-state index in [2.05, 4.69) is 13.8 Å². The highest BCUT2D eigenvalue weighted by atomic mass is 32.2. The van der Waals surface area contributed by atoms with E-state index in [9.17, 15) is 4.79 Å². The fourth-order valence-electron chi connectivity index (χ4n) is 3.23. The molecule has 4 rings (SSSR count). The van der Waals surface area contributed by atoms with E-state index in [4.69, 9.17) is 9.72 Å². The lowest BCUT2D eigenvalue weighted by atomic mass is 9.95. The number of rotatable bonds is 3. The summed E-state index contributed by atoms with van der Waals surface area (Å²) in [5.74, 6) is 0. The Hall–Kier alpha value is -1.63. The van der Waals surface area contributed by atoms with Gasteiger partial charge >= 0.3 is 0 Å². The molecule has 1 aromatic carbocycles. The molecule has 6 heteroatoms. The number of hydrogen-bond donors (Lipinski definition) is 0. The smallest absolute Gasteiger partial charge is 0.272 e. The molecule has 3 heterocycles. The van der Waals surface area contributed by atoms with Crippen molar-refractivity contribution in [3.8, 4) is 0 Å². The van der Waals surface area contributed by atoms with Crippen LogP contribution in [0, 0.1) is 0 Å². The summed E-state index contributed by atoms with van der Waals surface area (Å²) in [7, 11) is 0. The highest BCUT2D eigenvalue weighted by molar-refractivity contribution is 7.98. The summed E-state index contributed by atoms with van der Waals surface area (Å²) in [5, 5.41) is 0.770. The van der Waals surface area contributed by atoms with Gasteiger partial charge in [0, 0.05) is 11.3 Å². The minimum Gasteiger partial charge on any atom is -0.370 e. The molecule has 1 aliphatic heterocycles. The molecule has 0 atom stereocenters. The molecular weight excluding hydrogens is 352 g/mol. The van der Waals surface area contributed by atoms with Crippen LogP contribution in [0.15, 0.2) is 40.3 Å². The van der Waals surface area contributed by atoms with Gasteiger partial charge in [-0.05, 0) is 31.2 Å². The Morgan fingerprint density at radius 2 is 2.08 bits per heavy atom. The van der Waals surface area contributed by atoms with Gasteiger partial charge in [-0.15, -0.1) is 11.3 Å². The molecule has 4 nitrogen and oxygen atoms in total. The van der Waals surface area contributed by atoms with Crippen LogP contribution < -0.4 is 5.56 Å². The summed E-state index contributed by atoms with van der Waals surface area (Å²) < 4.78 is 8.45. The molecule has 0 saturated heterocycles. The quantitative estimate of drug-likeness (QED) is 0.513. The monoisotopic (exact) mass is 372 g/mol. The number of thiophene rings is 1. The third-order valence-corrected chi connectivity index (χ3v) is 6.36. The number of hydrogen-bond acceptors (Lipinski definition) is 5. The summed E-state index contributed by atoms with van der Waals surface area (Å²) in [6.45, 7) is 5.29. The van der Waals surface area contributed by atoms with E-state index in [0.29, 0.717) is 13.2 Å². The highest BCUT2D eigenvalue weighted by Crippen LogP contribution is 2.37. The summed E-state index contributed by atoms with van der Waals surface area (Å²) >= 11 is 3.06. The molecule has 0 saturated carbocycles. The number of aromatic nitrogens is 2. The van der Waals surface area contributed by atoms with Gasteiger partial charge in [0.05, 0.1) is 24.3 Å². The first kappa shape index (κ1) is 16.8. The Labute approximate surface area is 154 Å². The predicted molar refractivity (Wildman–Crippen MR) is 104 cm³/mol. The van der Waals surface area contributed by atoms with Crippen LogP contribution in [0.25, 0.3) is 10.2 Å². The normalized spacial score (nSPS) is 16.1. The molecule has 0 aliphatic carbocycles. The van der Waals surface area contributed by atoms with Crippen molar-refractivity contribution >= 4 is 33.3 Å². The van der Waals surface area contributed by atoms with Gasteiger partial charge in [-0.1, -0.05) is 42.1 Å². The maximum atomic E-state index is 13.2. The van der Waals surface area contributed by atoms with E-state index in [1.165, 1.54) is 17.3 Å². The third-order valence-electron chi connectivity index (χ3n) is 4.50. The average molecular weight is 373 g/mol. The zero-order valence-corrected chi connectivity index (χ0v) is 16.2.